The van der Waals surface area contributed by atoms with E-state index >= 15 is 0 Å². The number of aromatic amines is 1. The zero-order chi connectivity index (χ0) is 18.0. The maximum absolute atomic E-state index is 12.7. The molecule has 3 aromatic rings. The molecule has 0 bridgehead atoms. The Morgan fingerprint density at radius 3 is 2.64 bits per heavy atom. The van der Waals surface area contributed by atoms with Crippen LogP contribution < -0.4 is 5.56 Å². The van der Waals surface area contributed by atoms with Gasteiger partial charge in [0, 0.05) is 34.4 Å². The van der Waals surface area contributed by atoms with E-state index in [2.05, 4.69) is 4.98 Å². The Balaban J connectivity index is 1.76. The zero-order valence-corrected chi connectivity index (χ0v) is 14.0. The van der Waals surface area contributed by atoms with E-state index in [0.717, 1.165) is 16.6 Å². The van der Waals surface area contributed by atoms with E-state index in [0.29, 0.717) is 5.56 Å². The summed E-state index contributed by atoms with van der Waals surface area (Å²) < 4.78 is 6.47. The minimum atomic E-state index is -0.940. The Hall–Kier alpha value is -3.15. The molecule has 1 aromatic carbocycles. The topological polar surface area (TPSA) is 81.2 Å². The van der Waals surface area contributed by atoms with Crippen molar-refractivity contribution in [3.8, 4) is 0 Å². The Labute approximate surface area is 144 Å². The molecule has 1 N–H and O–H groups in total. The van der Waals surface area contributed by atoms with Crippen molar-refractivity contribution in [1.29, 1.82) is 0 Å². The second-order valence-corrected chi connectivity index (χ2v) is 5.83. The Bertz CT molecular complexity index is 1000. The van der Waals surface area contributed by atoms with Crippen molar-refractivity contribution in [3.63, 3.8) is 0 Å². The van der Waals surface area contributed by atoms with Crippen LogP contribution in [0.5, 0.6) is 0 Å². The van der Waals surface area contributed by atoms with Crippen molar-refractivity contribution in [2.24, 2.45) is 0 Å². The first-order valence-corrected chi connectivity index (χ1v) is 7.94. The number of aryl methyl sites for hydroxylation is 1. The van der Waals surface area contributed by atoms with Gasteiger partial charge in [-0.15, -0.1) is 0 Å². The van der Waals surface area contributed by atoms with Crippen LogP contribution in [0.1, 0.15) is 23.0 Å². The highest BCUT2D eigenvalue weighted by atomic mass is 16.5. The van der Waals surface area contributed by atoms with Crippen LogP contribution in [0, 0.1) is 6.92 Å². The first kappa shape index (κ1) is 16.7. The van der Waals surface area contributed by atoms with Gasteiger partial charge >= 0.3 is 5.97 Å². The first-order chi connectivity index (χ1) is 12.0. The van der Waals surface area contributed by atoms with Crippen LogP contribution in [0.3, 0.4) is 0 Å². The van der Waals surface area contributed by atoms with E-state index in [-0.39, 0.29) is 17.9 Å². The molecular formula is C19H18N2O4. The number of ether oxygens (including phenoxy) is 1. The summed E-state index contributed by atoms with van der Waals surface area (Å²) in [4.78, 5) is 39.6. The van der Waals surface area contributed by atoms with Crippen molar-refractivity contribution in [2.45, 2.75) is 26.5 Å². The van der Waals surface area contributed by atoms with Crippen molar-refractivity contribution < 1.29 is 14.3 Å². The maximum atomic E-state index is 12.7. The molecule has 0 aliphatic carbocycles. The standard InChI is InChI=1S/C19H18N2O4/c1-12-18(14-7-3-4-8-15(14)20-12)19(24)13(2)25-17(23)11-21-10-6-5-9-16(21)22/h3-10,13,20H,11H2,1-2H3/t13-/m1/s1. The first-order valence-electron chi connectivity index (χ1n) is 7.94. The van der Waals surface area contributed by atoms with Gasteiger partial charge in [0.05, 0.1) is 0 Å². The highest BCUT2D eigenvalue weighted by Gasteiger charge is 2.24. The number of nitrogens with one attached hydrogen (secondary N) is 1. The number of H-pyrrole nitrogens is 1. The normalized spacial score (nSPS) is 12.1. The molecule has 1 atom stereocenters. The van der Waals surface area contributed by atoms with Crippen molar-refractivity contribution in [2.75, 3.05) is 0 Å². The molecule has 0 aliphatic rings. The lowest BCUT2D eigenvalue weighted by molar-refractivity contribution is -0.147. The number of esters is 1. The van der Waals surface area contributed by atoms with Gasteiger partial charge in [0.2, 0.25) is 5.78 Å². The van der Waals surface area contributed by atoms with Gasteiger partial charge in [0.25, 0.3) is 5.56 Å². The van der Waals surface area contributed by atoms with Gasteiger partial charge in [-0.25, -0.2) is 0 Å². The molecule has 2 aromatic heterocycles. The number of fused-ring (bicyclic) bond motifs is 1. The molecule has 0 amide bonds. The Morgan fingerprint density at radius 2 is 1.88 bits per heavy atom. The number of carbonyl (C=O) groups excluding carboxylic acids is 2. The molecule has 0 unspecified atom stereocenters. The second kappa shape index (κ2) is 6.76. The van der Waals surface area contributed by atoms with Crippen LogP contribution >= 0.6 is 0 Å². The molecule has 6 nitrogen and oxygen atoms in total. The number of benzene rings is 1. The highest BCUT2D eigenvalue weighted by molar-refractivity contribution is 6.11. The lowest BCUT2D eigenvalue weighted by Gasteiger charge is -2.13. The third-order valence-electron chi connectivity index (χ3n) is 4.02. The van der Waals surface area contributed by atoms with Crippen LogP contribution in [0.2, 0.25) is 0 Å². The summed E-state index contributed by atoms with van der Waals surface area (Å²) in [5, 5.41) is 0.798. The van der Waals surface area contributed by atoms with Gasteiger partial charge < -0.3 is 14.3 Å². The molecular weight excluding hydrogens is 320 g/mol. The number of pyridine rings is 1. The summed E-state index contributed by atoms with van der Waals surface area (Å²) in [6.07, 6.45) is 0.560. The van der Waals surface area contributed by atoms with Crippen LogP contribution in [-0.2, 0) is 16.1 Å². The summed E-state index contributed by atoms with van der Waals surface area (Å²) in [6, 6.07) is 12.1. The third kappa shape index (κ3) is 3.38. The van der Waals surface area contributed by atoms with Gasteiger partial charge in [-0.3, -0.25) is 14.4 Å². The van der Waals surface area contributed by atoms with Gasteiger partial charge in [-0.2, -0.15) is 0 Å². The number of hydrogen-bond acceptors (Lipinski definition) is 4. The molecule has 0 aliphatic heterocycles. The Kier molecular flexibility index (Phi) is 4.52. The molecule has 6 heteroatoms. The number of nitrogens with zero attached hydrogens (tertiary/aromatic N) is 1. The molecule has 0 spiro atoms. The van der Waals surface area contributed by atoms with E-state index in [1.54, 1.807) is 12.1 Å². The monoisotopic (exact) mass is 338 g/mol. The predicted molar refractivity (Wildman–Crippen MR) is 93.6 cm³/mol. The number of ketones is 1. The lowest BCUT2D eigenvalue weighted by atomic mass is 10.0. The van der Waals surface area contributed by atoms with E-state index in [1.807, 2.05) is 31.2 Å². The molecule has 25 heavy (non-hydrogen) atoms. The lowest BCUT2D eigenvalue weighted by Crippen LogP contribution is -2.29. The molecule has 2 heterocycles. The average Bonchev–Trinajstić information content (AvgIpc) is 2.92. The van der Waals surface area contributed by atoms with Crippen molar-refractivity contribution in [1.82, 2.24) is 9.55 Å². The molecule has 0 fully saturated rings. The summed E-state index contributed by atoms with van der Waals surface area (Å²) in [5.41, 5.74) is 1.81. The van der Waals surface area contributed by atoms with Crippen LogP contribution in [0.25, 0.3) is 10.9 Å². The minimum Gasteiger partial charge on any atom is -0.453 e. The predicted octanol–water partition coefficient (Wildman–Crippen LogP) is 2.45. The average molecular weight is 338 g/mol. The molecule has 128 valence electrons. The van der Waals surface area contributed by atoms with Gasteiger partial charge in [-0.05, 0) is 26.0 Å². The van der Waals surface area contributed by atoms with Crippen LogP contribution in [-0.4, -0.2) is 27.4 Å². The highest BCUT2D eigenvalue weighted by Crippen LogP contribution is 2.23. The van der Waals surface area contributed by atoms with E-state index in [4.69, 9.17) is 4.74 Å². The minimum absolute atomic E-state index is 0.232. The van der Waals surface area contributed by atoms with Crippen LogP contribution in [0.15, 0.2) is 53.5 Å². The van der Waals surface area contributed by atoms with E-state index < -0.39 is 12.1 Å². The largest absolute Gasteiger partial charge is 0.453 e. The Morgan fingerprint density at radius 1 is 1.16 bits per heavy atom. The summed E-state index contributed by atoms with van der Waals surface area (Å²) in [6.45, 7) is 3.12. The fourth-order valence-corrected chi connectivity index (χ4v) is 2.82. The third-order valence-corrected chi connectivity index (χ3v) is 4.02. The molecule has 0 saturated carbocycles. The van der Waals surface area contributed by atoms with Crippen molar-refractivity contribution >= 4 is 22.7 Å². The fraction of sp³-hybridized carbons (Fsp3) is 0.211. The van der Waals surface area contributed by atoms with Crippen molar-refractivity contribution in [3.05, 3.63) is 70.3 Å². The number of hydrogen-bond donors (Lipinski definition) is 1. The van der Waals surface area contributed by atoms with Crippen LogP contribution in [0.4, 0.5) is 0 Å². The second-order valence-electron chi connectivity index (χ2n) is 5.83. The summed E-state index contributed by atoms with van der Waals surface area (Å²) in [7, 11) is 0. The smallest absolute Gasteiger partial charge is 0.326 e. The fourth-order valence-electron chi connectivity index (χ4n) is 2.82. The number of carbonyl (C=O) groups is 2. The van der Waals surface area contributed by atoms with Gasteiger partial charge in [0.15, 0.2) is 6.10 Å². The van der Waals surface area contributed by atoms with E-state index in [1.165, 1.54) is 23.8 Å². The summed E-state index contributed by atoms with van der Waals surface area (Å²) >= 11 is 0. The number of para-hydroxylation sites is 1. The zero-order valence-electron chi connectivity index (χ0n) is 14.0. The quantitative estimate of drug-likeness (QED) is 0.572. The molecule has 0 saturated heterocycles. The van der Waals surface area contributed by atoms with Gasteiger partial charge in [-0.1, -0.05) is 24.3 Å². The maximum Gasteiger partial charge on any atom is 0.326 e. The van der Waals surface area contributed by atoms with E-state index in [9.17, 15) is 14.4 Å². The number of aromatic nitrogens is 2. The molecule has 0 radical (unpaired) electrons. The number of rotatable bonds is 5. The summed E-state index contributed by atoms with van der Waals surface area (Å²) in [5.74, 6) is -0.907. The SMILES string of the molecule is Cc1[nH]c2ccccc2c1C(=O)[C@@H](C)OC(=O)Cn1ccccc1=O. The number of Topliss-reactive ketones (excluding diaryl/α,β-unsaturated/α-hetero) is 1. The van der Waals surface area contributed by atoms with Gasteiger partial charge in [0.1, 0.15) is 6.54 Å². The molecule has 3 rings (SSSR count).